The molecular weight excluding hydrogens is 366 g/mol. The molecule has 7 heteroatoms. The Balaban J connectivity index is 2.04. The van der Waals surface area contributed by atoms with Gasteiger partial charge in [-0.3, -0.25) is 9.78 Å². The standard InChI is InChI=1S/C20H16ClN3O3/c1-11-18(12(2)27-23-11)19-16(25)7-3-13-4-8-17(26)24(20(13)19)10-15-6-5-14(21)9-22-15/h3-9,25H,10H2,1-2H3. The van der Waals surface area contributed by atoms with Gasteiger partial charge in [0.15, 0.2) is 0 Å². The van der Waals surface area contributed by atoms with Crippen molar-refractivity contribution in [2.75, 3.05) is 0 Å². The molecule has 0 fully saturated rings. The fourth-order valence-electron chi connectivity index (χ4n) is 3.29. The highest BCUT2D eigenvalue weighted by Gasteiger charge is 2.21. The Morgan fingerprint density at radius 1 is 1.11 bits per heavy atom. The van der Waals surface area contributed by atoms with Crippen molar-refractivity contribution in [3.63, 3.8) is 0 Å². The second kappa shape index (κ2) is 6.55. The van der Waals surface area contributed by atoms with E-state index in [1.165, 1.54) is 6.07 Å². The molecule has 0 amide bonds. The van der Waals surface area contributed by atoms with Crippen LogP contribution in [0.1, 0.15) is 17.1 Å². The third-order valence-electron chi connectivity index (χ3n) is 4.52. The van der Waals surface area contributed by atoms with Crippen LogP contribution >= 0.6 is 11.6 Å². The Morgan fingerprint density at radius 3 is 2.56 bits per heavy atom. The van der Waals surface area contributed by atoms with Gasteiger partial charge < -0.3 is 14.2 Å². The Morgan fingerprint density at radius 2 is 1.89 bits per heavy atom. The quantitative estimate of drug-likeness (QED) is 0.578. The first-order valence-electron chi connectivity index (χ1n) is 8.35. The van der Waals surface area contributed by atoms with Crippen molar-refractivity contribution in [3.05, 3.63) is 75.1 Å². The summed E-state index contributed by atoms with van der Waals surface area (Å²) in [6.07, 6.45) is 1.54. The van der Waals surface area contributed by atoms with Gasteiger partial charge in [-0.05, 0) is 49.6 Å². The molecule has 0 aliphatic carbocycles. The molecule has 6 nitrogen and oxygen atoms in total. The molecule has 0 atom stereocenters. The third kappa shape index (κ3) is 2.98. The molecule has 4 rings (SSSR count). The lowest BCUT2D eigenvalue weighted by Gasteiger charge is -2.15. The number of phenols is 1. The van der Waals surface area contributed by atoms with Crippen LogP contribution in [0.5, 0.6) is 5.75 Å². The van der Waals surface area contributed by atoms with Crippen LogP contribution in [-0.4, -0.2) is 19.8 Å². The average molecular weight is 382 g/mol. The molecule has 1 N–H and O–H groups in total. The molecule has 136 valence electrons. The SMILES string of the molecule is Cc1noc(C)c1-c1c(O)ccc2ccc(=O)n(Cc3ccc(Cl)cn3)c12. The number of rotatable bonds is 3. The number of phenolic OH excluding ortho intramolecular Hbond substituents is 1. The van der Waals surface area contributed by atoms with Crippen LogP contribution in [-0.2, 0) is 6.54 Å². The van der Waals surface area contributed by atoms with E-state index in [2.05, 4.69) is 10.1 Å². The molecule has 0 bridgehead atoms. The van der Waals surface area contributed by atoms with Gasteiger partial charge in [-0.1, -0.05) is 16.8 Å². The first-order valence-corrected chi connectivity index (χ1v) is 8.72. The molecule has 0 unspecified atom stereocenters. The van der Waals surface area contributed by atoms with E-state index in [0.717, 1.165) is 5.39 Å². The van der Waals surface area contributed by atoms with E-state index in [4.69, 9.17) is 16.1 Å². The van der Waals surface area contributed by atoms with Crippen LogP contribution in [0.25, 0.3) is 22.0 Å². The largest absolute Gasteiger partial charge is 0.507 e. The van der Waals surface area contributed by atoms with Gasteiger partial charge >= 0.3 is 0 Å². The zero-order valence-corrected chi connectivity index (χ0v) is 15.5. The summed E-state index contributed by atoms with van der Waals surface area (Å²) in [6, 6.07) is 10.1. The third-order valence-corrected chi connectivity index (χ3v) is 4.74. The van der Waals surface area contributed by atoms with E-state index in [1.807, 2.05) is 0 Å². The molecule has 0 spiro atoms. The number of benzene rings is 1. The second-order valence-corrected chi connectivity index (χ2v) is 6.76. The van der Waals surface area contributed by atoms with Crippen LogP contribution < -0.4 is 5.56 Å². The number of aryl methyl sites for hydroxylation is 2. The minimum atomic E-state index is -0.196. The molecule has 27 heavy (non-hydrogen) atoms. The highest BCUT2D eigenvalue weighted by atomic mass is 35.5. The summed E-state index contributed by atoms with van der Waals surface area (Å²) in [7, 11) is 0. The molecule has 0 saturated carbocycles. The van der Waals surface area contributed by atoms with Gasteiger partial charge in [-0.15, -0.1) is 0 Å². The molecule has 0 radical (unpaired) electrons. The topological polar surface area (TPSA) is 81.2 Å². The van der Waals surface area contributed by atoms with E-state index in [9.17, 15) is 9.90 Å². The summed E-state index contributed by atoms with van der Waals surface area (Å²) in [5.41, 5.74) is 2.94. The molecule has 4 aromatic rings. The van der Waals surface area contributed by atoms with Crippen LogP contribution in [0.3, 0.4) is 0 Å². The number of hydrogen-bond donors (Lipinski definition) is 1. The average Bonchev–Trinajstić information content (AvgIpc) is 2.98. The smallest absolute Gasteiger partial charge is 0.251 e. The summed E-state index contributed by atoms with van der Waals surface area (Å²) in [5.74, 6) is 0.628. The predicted octanol–water partition coefficient (Wildman–Crippen LogP) is 4.08. The Bertz CT molecular complexity index is 1190. The lowest BCUT2D eigenvalue weighted by molar-refractivity contribution is 0.393. The van der Waals surface area contributed by atoms with Crippen molar-refractivity contribution in [2.24, 2.45) is 0 Å². The predicted molar refractivity (Wildman–Crippen MR) is 103 cm³/mol. The summed E-state index contributed by atoms with van der Waals surface area (Å²) < 4.78 is 6.87. The van der Waals surface area contributed by atoms with Crippen molar-refractivity contribution in [1.82, 2.24) is 14.7 Å². The summed E-state index contributed by atoms with van der Waals surface area (Å²) >= 11 is 5.91. The van der Waals surface area contributed by atoms with Crippen molar-refractivity contribution in [2.45, 2.75) is 20.4 Å². The maximum atomic E-state index is 12.7. The van der Waals surface area contributed by atoms with Gasteiger partial charge in [0.2, 0.25) is 0 Å². The number of hydrogen-bond acceptors (Lipinski definition) is 5. The van der Waals surface area contributed by atoms with Crippen molar-refractivity contribution in [3.8, 4) is 16.9 Å². The Labute approximate surface area is 159 Å². The number of pyridine rings is 2. The van der Waals surface area contributed by atoms with Crippen LogP contribution in [0, 0.1) is 13.8 Å². The fourth-order valence-corrected chi connectivity index (χ4v) is 3.40. The summed E-state index contributed by atoms with van der Waals surface area (Å²) in [6.45, 7) is 3.82. The maximum Gasteiger partial charge on any atom is 0.251 e. The number of fused-ring (bicyclic) bond motifs is 1. The first-order chi connectivity index (χ1) is 13.0. The molecule has 3 aromatic heterocycles. The van der Waals surface area contributed by atoms with Gasteiger partial charge in [-0.25, -0.2) is 0 Å². The highest BCUT2D eigenvalue weighted by molar-refractivity contribution is 6.30. The minimum absolute atomic E-state index is 0.0558. The maximum absolute atomic E-state index is 12.7. The van der Waals surface area contributed by atoms with Crippen LogP contribution in [0.2, 0.25) is 5.02 Å². The first kappa shape index (κ1) is 17.3. The van der Waals surface area contributed by atoms with Gasteiger partial charge in [0.25, 0.3) is 5.56 Å². The normalized spacial score (nSPS) is 11.2. The lowest BCUT2D eigenvalue weighted by atomic mass is 9.99. The van der Waals surface area contributed by atoms with Crippen molar-refractivity contribution < 1.29 is 9.63 Å². The molecule has 0 saturated heterocycles. The van der Waals surface area contributed by atoms with Gasteiger partial charge in [0, 0.05) is 12.3 Å². The van der Waals surface area contributed by atoms with E-state index in [0.29, 0.717) is 38.8 Å². The van der Waals surface area contributed by atoms with Crippen LogP contribution in [0.4, 0.5) is 0 Å². The molecule has 0 aliphatic rings. The monoisotopic (exact) mass is 381 g/mol. The fraction of sp³-hybridized carbons (Fsp3) is 0.150. The Hall–Kier alpha value is -3.12. The lowest BCUT2D eigenvalue weighted by Crippen LogP contribution is -2.21. The minimum Gasteiger partial charge on any atom is -0.507 e. The zero-order chi connectivity index (χ0) is 19.1. The van der Waals surface area contributed by atoms with Crippen molar-refractivity contribution in [1.29, 1.82) is 0 Å². The van der Waals surface area contributed by atoms with E-state index in [1.54, 1.807) is 54.9 Å². The summed E-state index contributed by atoms with van der Waals surface area (Å²) in [4.78, 5) is 17.0. The second-order valence-electron chi connectivity index (χ2n) is 6.32. The molecular formula is C20H16ClN3O3. The molecule has 1 aromatic carbocycles. The summed E-state index contributed by atoms with van der Waals surface area (Å²) in [5, 5.41) is 16.0. The molecule has 3 heterocycles. The van der Waals surface area contributed by atoms with E-state index in [-0.39, 0.29) is 17.9 Å². The Kier molecular flexibility index (Phi) is 4.20. The number of aromatic nitrogens is 3. The number of nitrogens with zero attached hydrogens (tertiary/aromatic N) is 3. The van der Waals surface area contributed by atoms with Crippen LogP contribution in [0.15, 0.2) is 51.9 Å². The number of aromatic hydroxyl groups is 1. The van der Waals surface area contributed by atoms with E-state index < -0.39 is 0 Å². The van der Waals surface area contributed by atoms with Gasteiger partial charge in [0.05, 0.1) is 39.6 Å². The number of halogens is 1. The van der Waals surface area contributed by atoms with Crippen molar-refractivity contribution >= 4 is 22.5 Å². The van der Waals surface area contributed by atoms with Gasteiger partial charge in [0.1, 0.15) is 11.5 Å². The molecule has 0 aliphatic heterocycles. The van der Waals surface area contributed by atoms with E-state index >= 15 is 0 Å². The zero-order valence-electron chi connectivity index (χ0n) is 14.7. The highest BCUT2D eigenvalue weighted by Crippen LogP contribution is 2.39. The van der Waals surface area contributed by atoms with Gasteiger partial charge in [-0.2, -0.15) is 0 Å².